The second-order valence-electron chi connectivity index (χ2n) is 5.80. The number of carbonyl (C=O) groups excluding carboxylic acids is 1. The maximum atomic E-state index is 12.4. The van der Waals surface area contributed by atoms with E-state index in [1.807, 2.05) is 13.1 Å². The molecule has 26 heavy (non-hydrogen) atoms. The Hall–Kier alpha value is -2.78. The van der Waals surface area contributed by atoms with Gasteiger partial charge in [-0.15, -0.1) is 0 Å². The molecule has 0 saturated carbocycles. The van der Waals surface area contributed by atoms with Gasteiger partial charge in [0.25, 0.3) is 5.91 Å². The fraction of sp³-hybridized carbons (Fsp3) is 0.294. The summed E-state index contributed by atoms with van der Waals surface area (Å²) in [5.74, 6) is 0.405. The summed E-state index contributed by atoms with van der Waals surface area (Å²) in [5.41, 5.74) is 2.59. The molecular weight excluding hydrogens is 354 g/mol. The van der Waals surface area contributed by atoms with Crippen molar-refractivity contribution in [1.29, 1.82) is 0 Å². The number of hydrogen-bond acceptors (Lipinski definition) is 7. The van der Waals surface area contributed by atoms with Gasteiger partial charge in [-0.25, -0.2) is 14.5 Å². The summed E-state index contributed by atoms with van der Waals surface area (Å²) in [4.78, 5) is 22.0. The van der Waals surface area contributed by atoms with Crippen LogP contribution in [0.5, 0.6) is 0 Å². The number of carbonyl (C=O) groups is 1. The van der Waals surface area contributed by atoms with Gasteiger partial charge in [-0.3, -0.25) is 4.79 Å². The van der Waals surface area contributed by atoms with Crippen LogP contribution in [0.2, 0.25) is 0 Å². The third-order valence-electron chi connectivity index (χ3n) is 3.84. The van der Waals surface area contributed by atoms with Crippen molar-refractivity contribution in [2.75, 3.05) is 13.7 Å². The first-order valence-electron chi connectivity index (χ1n) is 8.10. The quantitative estimate of drug-likeness (QED) is 0.559. The Bertz CT molecular complexity index is 1050. The number of aromatic nitrogens is 4. The molecule has 1 aromatic carbocycles. The predicted molar refractivity (Wildman–Crippen MR) is 96.4 cm³/mol. The second kappa shape index (κ2) is 6.85. The molecule has 0 aliphatic carbocycles. The highest BCUT2D eigenvalue weighted by Gasteiger charge is 2.12. The van der Waals surface area contributed by atoms with E-state index in [-0.39, 0.29) is 5.91 Å². The van der Waals surface area contributed by atoms with Gasteiger partial charge < -0.3 is 14.5 Å². The lowest BCUT2D eigenvalue weighted by Gasteiger charge is -2.02. The molecule has 0 radical (unpaired) electrons. The van der Waals surface area contributed by atoms with Gasteiger partial charge >= 0.3 is 0 Å². The van der Waals surface area contributed by atoms with Crippen LogP contribution in [0.25, 0.3) is 16.1 Å². The Morgan fingerprint density at radius 3 is 3.08 bits per heavy atom. The van der Waals surface area contributed by atoms with Crippen molar-refractivity contribution >= 4 is 33.3 Å². The number of fused-ring (bicyclic) bond motifs is 2. The van der Waals surface area contributed by atoms with E-state index in [4.69, 9.17) is 9.15 Å². The van der Waals surface area contributed by atoms with E-state index in [9.17, 15) is 4.79 Å². The minimum absolute atomic E-state index is 0.192. The van der Waals surface area contributed by atoms with Gasteiger partial charge in [0.1, 0.15) is 10.5 Å². The average Bonchev–Trinajstić information content (AvgIpc) is 3.28. The van der Waals surface area contributed by atoms with Crippen LogP contribution in [0.1, 0.15) is 27.0 Å². The summed E-state index contributed by atoms with van der Waals surface area (Å²) >= 11 is 1.51. The van der Waals surface area contributed by atoms with E-state index in [1.54, 1.807) is 29.8 Å². The van der Waals surface area contributed by atoms with Gasteiger partial charge in [0.15, 0.2) is 11.5 Å². The predicted octanol–water partition coefficient (Wildman–Crippen LogP) is 2.36. The fourth-order valence-electron chi connectivity index (χ4n) is 2.61. The van der Waals surface area contributed by atoms with E-state index < -0.39 is 0 Å². The number of aryl methyl sites for hydroxylation is 1. The number of nitrogens with zero attached hydrogens (tertiary/aromatic N) is 4. The highest BCUT2D eigenvalue weighted by atomic mass is 32.1. The molecule has 134 valence electrons. The van der Waals surface area contributed by atoms with Crippen LogP contribution in [0, 0.1) is 6.92 Å². The minimum Gasteiger partial charge on any atom is -0.441 e. The van der Waals surface area contributed by atoms with Crippen LogP contribution >= 0.6 is 11.3 Å². The molecule has 4 aromatic rings. The van der Waals surface area contributed by atoms with Crippen molar-refractivity contribution in [2.45, 2.75) is 19.9 Å². The minimum atomic E-state index is -0.192. The molecule has 9 heteroatoms. The molecule has 0 bridgehead atoms. The lowest BCUT2D eigenvalue weighted by molar-refractivity contribution is 0.0950. The maximum Gasteiger partial charge on any atom is 0.251 e. The molecule has 3 heterocycles. The third-order valence-corrected chi connectivity index (χ3v) is 4.68. The summed E-state index contributed by atoms with van der Waals surface area (Å²) in [6.07, 6.45) is 2.42. The van der Waals surface area contributed by atoms with Gasteiger partial charge in [0.2, 0.25) is 4.96 Å². The number of rotatable bonds is 6. The van der Waals surface area contributed by atoms with Gasteiger partial charge in [0, 0.05) is 19.1 Å². The Morgan fingerprint density at radius 1 is 1.38 bits per heavy atom. The number of benzene rings is 1. The number of amides is 1. The molecule has 1 N–H and O–H groups in total. The van der Waals surface area contributed by atoms with Gasteiger partial charge in [-0.2, -0.15) is 5.10 Å². The monoisotopic (exact) mass is 371 g/mol. The van der Waals surface area contributed by atoms with Crippen LogP contribution in [0.4, 0.5) is 0 Å². The van der Waals surface area contributed by atoms with Crippen molar-refractivity contribution in [3.63, 3.8) is 0 Å². The first kappa shape index (κ1) is 16.7. The molecule has 8 nitrogen and oxygen atoms in total. The normalized spacial score (nSPS) is 11.5. The Kier molecular flexibility index (Phi) is 4.39. The molecule has 0 atom stereocenters. The van der Waals surface area contributed by atoms with Crippen molar-refractivity contribution in [3.8, 4) is 0 Å². The SMILES string of the molecule is COCCc1nc2ccc(C(=O)NCc3cn4nc(C)sc4n3)cc2o1. The molecule has 1 amide bonds. The number of ether oxygens (including phenoxy) is 1. The molecule has 0 aliphatic rings. The highest BCUT2D eigenvalue weighted by Crippen LogP contribution is 2.18. The zero-order valence-electron chi connectivity index (χ0n) is 14.4. The van der Waals surface area contributed by atoms with Crippen LogP contribution in [-0.4, -0.2) is 39.2 Å². The molecule has 3 aromatic heterocycles. The van der Waals surface area contributed by atoms with E-state index in [1.165, 1.54) is 11.3 Å². The summed E-state index contributed by atoms with van der Waals surface area (Å²) in [7, 11) is 1.63. The van der Waals surface area contributed by atoms with Crippen LogP contribution < -0.4 is 5.32 Å². The zero-order chi connectivity index (χ0) is 18.1. The van der Waals surface area contributed by atoms with Crippen molar-refractivity contribution in [2.24, 2.45) is 0 Å². The lowest BCUT2D eigenvalue weighted by atomic mass is 10.2. The average molecular weight is 371 g/mol. The molecule has 0 aliphatic heterocycles. The molecule has 0 spiro atoms. The van der Waals surface area contributed by atoms with Crippen molar-refractivity contribution in [1.82, 2.24) is 24.9 Å². The maximum absolute atomic E-state index is 12.4. The van der Waals surface area contributed by atoms with Crippen molar-refractivity contribution < 1.29 is 13.9 Å². The summed E-state index contributed by atoms with van der Waals surface area (Å²) in [5, 5.41) is 8.13. The Labute approximate surface area is 152 Å². The summed E-state index contributed by atoms with van der Waals surface area (Å²) < 4.78 is 12.4. The van der Waals surface area contributed by atoms with Gasteiger partial charge in [-0.05, 0) is 25.1 Å². The standard InChI is InChI=1S/C17H17N5O3S/c1-10-21-22-9-12(19-17(22)26-10)8-18-16(23)11-3-4-13-14(7-11)25-15(20-13)5-6-24-2/h3-4,7,9H,5-6,8H2,1-2H3,(H,18,23). The smallest absolute Gasteiger partial charge is 0.251 e. The molecule has 4 rings (SSSR count). The van der Waals surface area contributed by atoms with E-state index in [2.05, 4.69) is 20.4 Å². The van der Waals surface area contributed by atoms with Crippen molar-refractivity contribution in [3.05, 3.63) is 46.6 Å². The van der Waals surface area contributed by atoms with Gasteiger partial charge in [0.05, 0.1) is 25.0 Å². The number of oxazole rings is 1. The highest BCUT2D eigenvalue weighted by molar-refractivity contribution is 7.16. The number of hydrogen-bond donors (Lipinski definition) is 1. The Morgan fingerprint density at radius 2 is 2.27 bits per heavy atom. The first-order chi connectivity index (χ1) is 12.6. The van der Waals surface area contributed by atoms with Gasteiger partial charge in [-0.1, -0.05) is 11.3 Å². The van der Waals surface area contributed by atoms with E-state index in [0.717, 1.165) is 21.2 Å². The van der Waals surface area contributed by atoms with Crippen LogP contribution in [-0.2, 0) is 17.7 Å². The largest absolute Gasteiger partial charge is 0.441 e. The number of imidazole rings is 1. The molecule has 0 fully saturated rings. The second-order valence-corrected chi connectivity index (χ2v) is 6.96. The number of methoxy groups -OCH3 is 1. The van der Waals surface area contributed by atoms with Crippen LogP contribution in [0.15, 0.2) is 28.8 Å². The molecular formula is C17H17N5O3S. The third kappa shape index (κ3) is 3.31. The topological polar surface area (TPSA) is 94.5 Å². The molecule has 0 saturated heterocycles. The Balaban J connectivity index is 1.45. The first-order valence-corrected chi connectivity index (χ1v) is 8.92. The summed E-state index contributed by atoms with van der Waals surface area (Å²) in [6, 6.07) is 5.21. The fourth-order valence-corrected chi connectivity index (χ4v) is 3.36. The zero-order valence-corrected chi connectivity index (χ0v) is 15.2. The molecule has 0 unspecified atom stereocenters. The number of nitrogens with one attached hydrogen (secondary N) is 1. The van der Waals surface area contributed by atoms with Crippen LogP contribution in [0.3, 0.4) is 0 Å². The van der Waals surface area contributed by atoms with E-state index >= 15 is 0 Å². The van der Waals surface area contributed by atoms with E-state index in [0.29, 0.717) is 36.6 Å². The lowest BCUT2D eigenvalue weighted by Crippen LogP contribution is -2.22. The summed E-state index contributed by atoms with van der Waals surface area (Å²) in [6.45, 7) is 2.80.